The molecular weight excluding hydrogens is 410 g/mol. The van der Waals surface area contributed by atoms with E-state index in [0.29, 0.717) is 18.0 Å². The molecule has 1 aliphatic rings. The van der Waals surface area contributed by atoms with Crippen molar-refractivity contribution < 1.29 is 19.4 Å². The van der Waals surface area contributed by atoms with E-state index in [4.69, 9.17) is 10.5 Å². The highest BCUT2D eigenvalue weighted by Gasteiger charge is 2.47. The van der Waals surface area contributed by atoms with Crippen LogP contribution in [0, 0.1) is 0 Å². The monoisotopic (exact) mass is 433 g/mol. The van der Waals surface area contributed by atoms with E-state index in [1.54, 1.807) is 19.2 Å². The molecule has 160 valence electrons. The maximum atomic E-state index is 11.8. The third kappa shape index (κ3) is 4.74. The molecule has 0 saturated carbocycles. The fourth-order valence-corrected chi connectivity index (χ4v) is 3.37. The first-order valence-electron chi connectivity index (χ1n) is 9.11. The Morgan fingerprint density at radius 1 is 1.30 bits per heavy atom. The number of aromatic nitrogens is 2. The molecule has 1 amide bonds. The number of aliphatic imine (C=N–C) groups is 1. The summed E-state index contributed by atoms with van der Waals surface area (Å²) in [6.07, 6.45) is -0.830. The van der Waals surface area contributed by atoms with Crippen molar-refractivity contribution >= 4 is 30.1 Å². The van der Waals surface area contributed by atoms with E-state index >= 15 is 0 Å². The number of rotatable bonds is 6. The summed E-state index contributed by atoms with van der Waals surface area (Å²) in [4.78, 5) is 27.5. The number of esters is 1. The lowest BCUT2D eigenvalue weighted by molar-refractivity contribution is -0.144. The molecule has 0 bridgehead atoms. The van der Waals surface area contributed by atoms with Gasteiger partial charge in [-0.05, 0) is 18.6 Å². The normalized spacial score (nSPS) is 19.6. The molecule has 1 aliphatic heterocycles. The van der Waals surface area contributed by atoms with Gasteiger partial charge in [0.15, 0.2) is 0 Å². The van der Waals surface area contributed by atoms with Crippen molar-refractivity contribution in [3.8, 4) is 11.3 Å². The predicted molar refractivity (Wildman–Crippen MR) is 113 cm³/mol. The second-order valence-corrected chi connectivity index (χ2v) is 6.89. The number of carbonyl (C=O) groups excluding carboxylic acids is 2. The number of benzene rings is 1. The average molecular weight is 434 g/mol. The lowest BCUT2D eigenvalue weighted by Crippen LogP contribution is -2.49. The molecule has 0 aliphatic carbocycles. The Kier molecular flexibility index (Phi) is 7.47. The predicted octanol–water partition coefficient (Wildman–Crippen LogP) is 1.15. The van der Waals surface area contributed by atoms with Crippen molar-refractivity contribution in [3.05, 3.63) is 47.7 Å². The number of nitrogens with two attached hydrogens (primary N) is 1. The molecule has 0 spiro atoms. The van der Waals surface area contributed by atoms with Gasteiger partial charge in [-0.15, -0.1) is 12.4 Å². The molecule has 0 unspecified atom stereocenters. The molecule has 1 saturated heterocycles. The van der Waals surface area contributed by atoms with Crippen LogP contribution in [0.15, 0.2) is 41.4 Å². The van der Waals surface area contributed by atoms with Gasteiger partial charge in [-0.2, -0.15) is 10.2 Å². The molecule has 0 radical (unpaired) electrons. The number of amides is 1. The lowest BCUT2D eigenvalue weighted by atomic mass is 9.85. The topological polar surface area (TPSA) is 140 Å². The van der Waals surface area contributed by atoms with Gasteiger partial charge in [0, 0.05) is 24.6 Å². The van der Waals surface area contributed by atoms with Gasteiger partial charge in [0.05, 0.1) is 30.5 Å². The number of nitrogens with zero attached hydrogens (tertiary/aromatic N) is 3. The van der Waals surface area contributed by atoms with E-state index in [1.165, 1.54) is 7.11 Å². The molecule has 2 atom stereocenters. The summed E-state index contributed by atoms with van der Waals surface area (Å²) in [6.45, 7) is 0. The van der Waals surface area contributed by atoms with Crippen molar-refractivity contribution in [1.29, 1.82) is 0 Å². The Balaban J connectivity index is 0.00000320. The van der Waals surface area contributed by atoms with Crippen molar-refractivity contribution in [2.45, 2.75) is 30.9 Å². The number of carbonyl (C=O) groups is 2. The van der Waals surface area contributed by atoms with Crippen LogP contribution in [-0.2, 0) is 14.3 Å². The van der Waals surface area contributed by atoms with Crippen LogP contribution in [0.1, 0.15) is 36.6 Å². The fourth-order valence-electron chi connectivity index (χ4n) is 3.37. The third-order valence-electron chi connectivity index (χ3n) is 5.08. The van der Waals surface area contributed by atoms with Gasteiger partial charge in [-0.1, -0.05) is 24.3 Å². The minimum Gasteiger partial charge on any atom is -0.469 e. The maximum absolute atomic E-state index is 11.8. The summed E-state index contributed by atoms with van der Waals surface area (Å²) < 4.78 is 4.72. The van der Waals surface area contributed by atoms with Gasteiger partial charge in [0.1, 0.15) is 11.9 Å². The second-order valence-electron chi connectivity index (χ2n) is 6.89. The van der Waals surface area contributed by atoms with Crippen LogP contribution in [0.25, 0.3) is 11.3 Å². The largest absolute Gasteiger partial charge is 0.469 e. The Labute approximate surface area is 180 Å². The maximum Gasteiger partial charge on any atom is 0.308 e. The van der Waals surface area contributed by atoms with E-state index in [-0.39, 0.29) is 36.8 Å². The molecule has 1 aromatic carbocycles. The zero-order valence-electron chi connectivity index (χ0n) is 16.7. The van der Waals surface area contributed by atoms with Crippen LogP contribution >= 0.6 is 12.4 Å². The Morgan fingerprint density at radius 2 is 2.00 bits per heavy atom. The summed E-state index contributed by atoms with van der Waals surface area (Å²) in [6, 6.07) is 10.7. The molecular formula is C20H24ClN5O4. The highest BCUT2D eigenvalue weighted by atomic mass is 35.5. The molecule has 2 aromatic rings. The van der Waals surface area contributed by atoms with E-state index < -0.39 is 17.6 Å². The molecule has 10 heteroatoms. The first kappa shape index (κ1) is 23.2. The van der Waals surface area contributed by atoms with Crippen LogP contribution in [0.3, 0.4) is 0 Å². The van der Waals surface area contributed by atoms with Gasteiger partial charge >= 0.3 is 5.97 Å². The van der Waals surface area contributed by atoms with Crippen LogP contribution < -0.4 is 11.1 Å². The van der Waals surface area contributed by atoms with Crippen molar-refractivity contribution in [2.24, 2.45) is 10.7 Å². The number of halogens is 1. The highest BCUT2D eigenvalue weighted by Crippen LogP contribution is 2.36. The van der Waals surface area contributed by atoms with Gasteiger partial charge < -0.3 is 20.9 Å². The standard InChI is InChI=1S/C20H23N5O4.ClH/c1-22-19(21)13-5-3-12(4-6-13)14-7-8-15(25-24-14)18(28)20(11-17(27)29-2)10-9-16(26)23-20;/h3-8,18,28H,9-11H2,1-2H3,(H2,21,22)(H,23,26);1H/t18-,20+;/m1./s1. The summed E-state index contributed by atoms with van der Waals surface area (Å²) in [5, 5.41) is 21.9. The summed E-state index contributed by atoms with van der Waals surface area (Å²) in [7, 11) is 2.89. The molecule has 30 heavy (non-hydrogen) atoms. The van der Waals surface area contributed by atoms with Crippen LogP contribution in [-0.4, -0.2) is 52.7 Å². The van der Waals surface area contributed by atoms with Gasteiger partial charge in [0.2, 0.25) is 5.91 Å². The highest BCUT2D eigenvalue weighted by molar-refractivity contribution is 5.97. The quantitative estimate of drug-likeness (QED) is 0.352. The number of hydrogen-bond donors (Lipinski definition) is 3. The molecule has 9 nitrogen and oxygen atoms in total. The van der Waals surface area contributed by atoms with E-state index in [9.17, 15) is 14.7 Å². The second kappa shape index (κ2) is 9.64. The average Bonchev–Trinajstić information content (AvgIpc) is 3.14. The summed E-state index contributed by atoms with van der Waals surface area (Å²) >= 11 is 0. The first-order valence-corrected chi connectivity index (χ1v) is 9.11. The summed E-state index contributed by atoms with van der Waals surface area (Å²) in [5.74, 6) is -0.311. The van der Waals surface area contributed by atoms with Crippen molar-refractivity contribution in [1.82, 2.24) is 15.5 Å². The number of nitrogens with one attached hydrogen (secondary N) is 1. The van der Waals surface area contributed by atoms with Crippen LogP contribution in [0.2, 0.25) is 0 Å². The third-order valence-corrected chi connectivity index (χ3v) is 5.08. The smallest absolute Gasteiger partial charge is 0.308 e. The molecule has 3 rings (SSSR count). The molecule has 4 N–H and O–H groups in total. The molecule has 2 heterocycles. The first-order chi connectivity index (χ1) is 13.9. The number of aliphatic hydroxyl groups excluding tert-OH is 1. The number of ether oxygens (including phenoxy) is 1. The van der Waals surface area contributed by atoms with E-state index in [2.05, 4.69) is 20.5 Å². The minimum atomic E-state index is -1.20. The Hall–Kier alpha value is -3.04. The van der Waals surface area contributed by atoms with Gasteiger partial charge in [-0.3, -0.25) is 14.6 Å². The Morgan fingerprint density at radius 3 is 2.50 bits per heavy atom. The Bertz CT molecular complexity index is 933. The van der Waals surface area contributed by atoms with E-state index in [1.807, 2.05) is 24.3 Å². The van der Waals surface area contributed by atoms with Gasteiger partial charge in [0.25, 0.3) is 0 Å². The SMILES string of the molecule is CN=C(N)c1ccc(-c2ccc([C@@H](O)[C@@]3(CC(=O)OC)CCC(=O)N3)nn2)cc1.Cl. The number of aliphatic hydroxyl groups is 1. The molecule has 1 aromatic heterocycles. The minimum absolute atomic E-state index is 0. The zero-order valence-corrected chi connectivity index (χ0v) is 17.5. The van der Waals surface area contributed by atoms with E-state index in [0.717, 1.165) is 11.1 Å². The van der Waals surface area contributed by atoms with Crippen LogP contribution in [0.4, 0.5) is 0 Å². The molecule has 1 fully saturated rings. The summed E-state index contributed by atoms with van der Waals surface area (Å²) in [5.41, 5.74) is 7.14. The zero-order chi connectivity index (χ0) is 21.0. The van der Waals surface area contributed by atoms with Crippen LogP contribution in [0.5, 0.6) is 0 Å². The van der Waals surface area contributed by atoms with Crippen molar-refractivity contribution in [3.63, 3.8) is 0 Å². The fraction of sp³-hybridized carbons (Fsp3) is 0.350. The number of amidine groups is 1. The van der Waals surface area contributed by atoms with Crippen molar-refractivity contribution in [2.75, 3.05) is 14.2 Å². The number of hydrogen-bond acceptors (Lipinski definition) is 7. The van der Waals surface area contributed by atoms with Gasteiger partial charge in [-0.25, -0.2) is 0 Å². The lowest BCUT2D eigenvalue weighted by Gasteiger charge is -2.32. The number of methoxy groups -OCH3 is 1.